The molecule has 2 aliphatic rings. The Morgan fingerprint density at radius 1 is 1.30 bits per heavy atom. The molecular formula is C22H21FN2O2. The Hall–Kier alpha value is -2.84. The van der Waals surface area contributed by atoms with Crippen molar-refractivity contribution in [3.05, 3.63) is 64.7 Å². The van der Waals surface area contributed by atoms with Gasteiger partial charge in [0.1, 0.15) is 24.8 Å². The summed E-state index contributed by atoms with van der Waals surface area (Å²) in [5.41, 5.74) is 1.79. The van der Waals surface area contributed by atoms with Crippen LogP contribution in [0.15, 0.2) is 42.5 Å². The van der Waals surface area contributed by atoms with Gasteiger partial charge in [-0.15, -0.1) is 0 Å². The van der Waals surface area contributed by atoms with Gasteiger partial charge in [-0.1, -0.05) is 12.1 Å². The monoisotopic (exact) mass is 368 g/mol. The SMILES string of the molecule is [2H]N1CCC(c2cccc3c2O[C@H](c2ccc(C#N)cc2OC([2H])([2H])[2H])C=C3F)CC1. The van der Waals surface area contributed by atoms with E-state index in [2.05, 4.69) is 0 Å². The lowest BCUT2D eigenvalue weighted by atomic mass is 9.87. The molecule has 0 aromatic heterocycles. The van der Waals surface area contributed by atoms with Gasteiger partial charge in [0.05, 0.1) is 28.3 Å². The van der Waals surface area contributed by atoms with Crippen molar-refractivity contribution in [1.82, 2.24) is 5.31 Å². The van der Waals surface area contributed by atoms with Gasteiger partial charge in [0, 0.05) is 5.56 Å². The first-order valence-corrected chi connectivity index (χ1v) is 8.89. The lowest BCUT2D eigenvalue weighted by Crippen LogP contribution is -2.27. The summed E-state index contributed by atoms with van der Waals surface area (Å²) in [6, 6.07) is 11.7. The Balaban J connectivity index is 1.73. The van der Waals surface area contributed by atoms with Crippen molar-refractivity contribution in [3.8, 4) is 17.6 Å². The minimum absolute atomic E-state index is 0.0449. The van der Waals surface area contributed by atoms with Crippen molar-refractivity contribution in [2.45, 2.75) is 24.9 Å². The van der Waals surface area contributed by atoms with E-state index in [4.69, 9.17) is 20.3 Å². The van der Waals surface area contributed by atoms with Crippen molar-refractivity contribution >= 4 is 5.83 Å². The summed E-state index contributed by atoms with van der Waals surface area (Å²) in [6.45, 7) is 1.25. The fourth-order valence-electron chi connectivity index (χ4n) is 3.72. The van der Waals surface area contributed by atoms with Crippen LogP contribution in [0.25, 0.3) is 5.83 Å². The number of nitriles is 1. The molecule has 0 bridgehead atoms. The predicted octanol–water partition coefficient (Wildman–Crippen LogP) is 4.48. The van der Waals surface area contributed by atoms with E-state index in [1.54, 1.807) is 12.1 Å². The Labute approximate surface area is 163 Å². The number of para-hydroxylation sites is 1. The first-order valence-electron chi connectivity index (χ1n) is 10.8. The van der Waals surface area contributed by atoms with Gasteiger partial charge < -0.3 is 14.8 Å². The highest BCUT2D eigenvalue weighted by atomic mass is 19.1. The Kier molecular flexibility index (Phi) is 3.67. The molecule has 1 fully saturated rings. The molecule has 1 saturated heterocycles. The molecule has 2 aromatic rings. The molecule has 1 atom stereocenters. The van der Waals surface area contributed by atoms with E-state index >= 15 is 4.39 Å². The molecule has 2 heterocycles. The number of ether oxygens (including phenoxy) is 2. The fourth-order valence-corrected chi connectivity index (χ4v) is 3.72. The summed E-state index contributed by atoms with van der Waals surface area (Å²) >= 11 is 0. The van der Waals surface area contributed by atoms with E-state index in [0.717, 1.165) is 18.4 Å². The highest BCUT2D eigenvalue weighted by Gasteiger charge is 2.29. The molecule has 4 nitrogen and oxygen atoms in total. The Morgan fingerprint density at radius 2 is 2.15 bits per heavy atom. The van der Waals surface area contributed by atoms with E-state index in [1.807, 2.05) is 12.1 Å². The third kappa shape index (κ3) is 3.29. The largest absolute Gasteiger partial charge is 0.496 e. The average molecular weight is 368 g/mol. The normalized spacial score (nSPS) is 22.8. The Morgan fingerprint density at radius 3 is 2.93 bits per heavy atom. The van der Waals surface area contributed by atoms with Crippen molar-refractivity contribution < 1.29 is 19.4 Å². The van der Waals surface area contributed by atoms with Crippen LogP contribution in [0, 0.1) is 11.3 Å². The van der Waals surface area contributed by atoms with Crippen LogP contribution in [-0.2, 0) is 0 Å². The molecule has 0 aliphatic carbocycles. The van der Waals surface area contributed by atoms with Gasteiger partial charge in [-0.05, 0) is 67.8 Å². The van der Waals surface area contributed by atoms with E-state index in [1.165, 1.54) is 29.6 Å². The first-order chi connectivity index (χ1) is 14.7. The number of nitrogens with one attached hydrogen (secondary N) is 1. The zero-order chi connectivity index (χ0) is 22.2. The van der Waals surface area contributed by atoms with Crippen LogP contribution in [-0.4, -0.2) is 20.1 Å². The molecule has 2 aromatic carbocycles. The molecule has 5 heteroatoms. The highest BCUT2D eigenvalue weighted by Crippen LogP contribution is 2.45. The zero-order valence-corrected chi connectivity index (χ0v) is 14.6. The van der Waals surface area contributed by atoms with Crippen LogP contribution >= 0.6 is 0 Å². The molecular weight excluding hydrogens is 343 g/mol. The molecule has 4 rings (SSSR count). The molecule has 0 amide bonds. The summed E-state index contributed by atoms with van der Waals surface area (Å²) in [7, 11) is -2.73. The number of nitrogens with zero attached hydrogens (tertiary/aromatic N) is 1. The van der Waals surface area contributed by atoms with Gasteiger partial charge in [0.2, 0.25) is 0 Å². The predicted molar refractivity (Wildman–Crippen MR) is 101 cm³/mol. The van der Waals surface area contributed by atoms with Crippen molar-refractivity contribution in [1.29, 1.82) is 5.26 Å². The second kappa shape index (κ2) is 7.42. The maximum atomic E-state index is 15.1. The van der Waals surface area contributed by atoms with Crippen LogP contribution in [0.3, 0.4) is 0 Å². The van der Waals surface area contributed by atoms with E-state index in [9.17, 15) is 0 Å². The van der Waals surface area contributed by atoms with Gasteiger partial charge >= 0.3 is 0 Å². The topological polar surface area (TPSA) is 54.3 Å². The summed E-state index contributed by atoms with van der Waals surface area (Å²) in [6.07, 6.45) is 1.91. The number of rotatable bonds is 3. The average Bonchev–Trinajstić information content (AvgIpc) is 2.73. The number of benzene rings is 2. The maximum Gasteiger partial charge on any atom is 0.149 e. The van der Waals surface area contributed by atoms with Gasteiger partial charge in [-0.2, -0.15) is 5.26 Å². The smallest absolute Gasteiger partial charge is 0.149 e. The van der Waals surface area contributed by atoms with E-state index in [-0.39, 0.29) is 17.2 Å². The third-order valence-electron chi connectivity index (χ3n) is 5.12. The number of piperidine rings is 1. The Bertz CT molecular complexity index is 1060. The minimum Gasteiger partial charge on any atom is -0.496 e. The maximum absolute atomic E-state index is 15.1. The number of methoxy groups -OCH3 is 1. The lowest BCUT2D eigenvalue weighted by Gasteiger charge is -2.30. The van der Waals surface area contributed by atoms with Gasteiger partial charge in [0.25, 0.3) is 0 Å². The zero-order valence-electron chi connectivity index (χ0n) is 18.6. The van der Waals surface area contributed by atoms with Crippen molar-refractivity contribution in [2.24, 2.45) is 0 Å². The second-order valence-electron chi connectivity index (χ2n) is 6.69. The van der Waals surface area contributed by atoms with Crippen LogP contribution in [0.4, 0.5) is 4.39 Å². The molecule has 0 saturated carbocycles. The van der Waals surface area contributed by atoms with Crippen LogP contribution in [0.5, 0.6) is 11.5 Å². The van der Waals surface area contributed by atoms with Crippen LogP contribution < -0.4 is 14.8 Å². The molecule has 27 heavy (non-hydrogen) atoms. The third-order valence-corrected chi connectivity index (χ3v) is 5.12. The van der Waals surface area contributed by atoms with Crippen LogP contribution in [0.1, 0.15) is 51.2 Å². The quantitative estimate of drug-likeness (QED) is 0.868. The highest BCUT2D eigenvalue weighted by molar-refractivity contribution is 5.70. The van der Waals surface area contributed by atoms with Gasteiger partial charge in [-0.25, -0.2) is 4.39 Å². The molecule has 138 valence electrons. The number of hydrogen-bond acceptors (Lipinski definition) is 4. The fraction of sp³-hybridized carbons (Fsp3) is 0.318. The van der Waals surface area contributed by atoms with E-state index in [0.29, 0.717) is 30.0 Å². The summed E-state index contributed by atoms with van der Waals surface area (Å²) < 4.78 is 56.4. The molecule has 2 aliphatic heterocycles. The second-order valence-corrected chi connectivity index (χ2v) is 6.69. The van der Waals surface area contributed by atoms with E-state index < -0.39 is 19.0 Å². The number of fused-ring (bicyclic) bond motifs is 1. The molecule has 1 N–H and O–H groups in total. The molecule has 0 spiro atoms. The minimum atomic E-state index is -2.73. The lowest BCUT2D eigenvalue weighted by molar-refractivity contribution is 0.236. The summed E-state index contributed by atoms with van der Waals surface area (Å²) in [5, 5.41) is 10.7. The summed E-state index contributed by atoms with van der Waals surface area (Å²) in [4.78, 5) is 0. The summed E-state index contributed by atoms with van der Waals surface area (Å²) in [5.74, 6) is 0.0639. The number of halogens is 1. The van der Waals surface area contributed by atoms with Crippen molar-refractivity contribution in [2.75, 3.05) is 20.1 Å². The van der Waals surface area contributed by atoms with Crippen LogP contribution in [0.2, 0.25) is 1.41 Å². The van der Waals surface area contributed by atoms with Gasteiger partial charge in [-0.3, -0.25) is 0 Å². The van der Waals surface area contributed by atoms with Gasteiger partial charge in [0.15, 0.2) is 0 Å². The van der Waals surface area contributed by atoms with Crippen molar-refractivity contribution in [3.63, 3.8) is 0 Å². The molecule has 0 unspecified atom stereocenters. The number of hydrogen-bond donors (Lipinski definition) is 1. The molecule has 0 radical (unpaired) electrons. The first kappa shape index (κ1) is 13.3. The standard InChI is InChI=1S/C22H21FN2O2/c1-26-20-11-14(13-24)5-6-18(20)21-12-19(23)17-4-2-3-16(22(17)27-21)15-7-9-25-10-8-15/h2-6,11-12,15,21,25H,7-10H2,1H3/t21-/m0/s1/i1D3/hD.